The molecule has 0 aromatic carbocycles. The number of allylic oxidation sites excluding steroid dienone is 1. The highest BCUT2D eigenvalue weighted by Gasteiger charge is 2.84. The van der Waals surface area contributed by atoms with E-state index in [0.717, 1.165) is 12.0 Å². The van der Waals surface area contributed by atoms with Gasteiger partial charge in [-0.15, -0.1) is 0 Å². The van der Waals surface area contributed by atoms with Gasteiger partial charge in [0, 0.05) is 27.7 Å². The van der Waals surface area contributed by atoms with E-state index in [1.54, 1.807) is 27.7 Å². The summed E-state index contributed by atoms with van der Waals surface area (Å²) in [7, 11) is 0. The lowest BCUT2D eigenvalue weighted by Crippen LogP contribution is -2.55. The van der Waals surface area contributed by atoms with Gasteiger partial charge >= 0.3 is 23.9 Å². The van der Waals surface area contributed by atoms with Crippen LogP contribution in [0.5, 0.6) is 0 Å². The fraction of sp³-hybridized carbons (Fsp3) is 0.739. The van der Waals surface area contributed by atoms with Gasteiger partial charge in [-0.25, -0.2) is 9.59 Å². The Balaban J connectivity index is 1.31. The summed E-state index contributed by atoms with van der Waals surface area (Å²) >= 11 is 0. The van der Waals surface area contributed by atoms with Gasteiger partial charge in [-0.2, -0.15) is 0 Å². The first-order valence-electron chi connectivity index (χ1n) is 11.2. The highest BCUT2D eigenvalue weighted by atomic mass is 16.7. The summed E-state index contributed by atoms with van der Waals surface area (Å²) in [5.41, 5.74) is 0.937. The molecule has 2 bridgehead atoms. The number of cyclic esters (lactones) is 4. The fourth-order valence-electron chi connectivity index (χ4n) is 9.01. The van der Waals surface area contributed by atoms with Crippen molar-refractivity contribution in [2.45, 2.75) is 45.7 Å². The van der Waals surface area contributed by atoms with Gasteiger partial charge in [0.05, 0.1) is 0 Å². The van der Waals surface area contributed by atoms with Crippen LogP contribution in [0.25, 0.3) is 0 Å². The van der Waals surface area contributed by atoms with Crippen molar-refractivity contribution in [1.29, 1.82) is 0 Å². The minimum absolute atomic E-state index is 0.0202. The summed E-state index contributed by atoms with van der Waals surface area (Å²) in [6.45, 7) is 6.21. The van der Waals surface area contributed by atoms with Crippen LogP contribution >= 0.6 is 0 Å². The molecule has 0 N–H and O–H groups in total. The normalized spacial score (nSPS) is 49.7. The molecule has 0 spiro atoms. The predicted octanol–water partition coefficient (Wildman–Crippen LogP) is 1.58. The highest BCUT2D eigenvalue weighted by molar-refractivity contribution is 6.16. The number of esters is 4. The Bertz CT molecular complexity index is 994. The van der Waals surface area contributed by atoms with Crippen LogP contribution in [0.3, 0.4) is 0 Å². The molecule has 7 rings (SSSR count). The molecule has 7 aliphatic rings. The number of hydrogen-bond acceptors (Lipinski definition) is 8. The zero-order valence-electron chi connectivity index (χ0n) is 17.7. The summed E-state index contributed by atoms with van der Waals surface area (Å²) in [5.74, 6) is -3.92. The van der Waals surface area contributed by atoms with E-state index in [4.69, 9.17) is 18.9 Å². The summed E-state index contributed by atoms with van der Waals surface area (Å²) in [6.07, 6.45) is 1.03. The monoisotopic (exact) mass is 428 g/mol. The van der Waals surface area contributed by atoms with Crippen LogP contribution in [-0.4, -0.2) is 35.5 Å². The molecule has 8 heteroatoms. The molecule has 2 heterocycles. The number of carbonyl (C=O) groups is 4. The molecule has 0 unspecified atom stereocenters. The highest BCUT2D eigenvalue weighted by Crippen LogP contribution is 2.87. The van der Waals surface area contributed by atoms with Crippen molar-refractivity contribution >= 4 is 23.9 Å². The minimum atomic E-state index is -1.27. The Morgan fingerprint density at radius 1 is 0.645 bits per heavy atom. The largest absolute Gasteiger partial charge is 0.422 e. The Hall–Kier alpha value is -2.38. The molecule has 2 aliphatic heterocycles. The van der Waals surface area contributed by atoms with Crippen molar-refractivity contribution in [2.24, 2.45) is 59.2 Å². The molecule has 7 fully saturated rings. The van der Waals surface area contributed by atoms with Gasteiger partial charge in [0.15, 0.2) is 5.92 Å². The summed E-state index contributed by atoms with van der Waals surface area (Å²) in [6, 6.07) is 0. The lowest BCUT2D eigenvalue weighted by Gasteiger charge is -2.51. The number of ether oxygens (including phenoxy) is 4. The van der Waals surface area contributed by atoms with Crippen molar-refractivity contribution in [3.8, 4) is 0 Å². The van der Waals surface area contributed by atoms with Crippen LogP contribution in [-0.2, 0) is 38.1 Å². The molecule has 8 nitrogen and oxygen atoms in total. The third-order valence-electron chi connectivity index (χ3n) is 9.19. The molecule has 5 aliphatic carbocycles. The topological polar surface area (TPSA) is 105 Å². The van der Waals surface area contributed by atoms with E-state index in [2.05, 4.69) is 0 Å². The Kier molecular flexibility index (Phi) is 2.93. The molecule has 0 aromatic heterocycles. The number of fused-ring (bicyclic) bond motifs is 2. The van der Waals surface area contributed by atoms with Crippen LogP contribution in [0, 0.1) is 59.2 Å². The van der Waals surface area contributed by atoms with E-state index < -0.39 is 41.4 Å². The number of rotatable bonds is 1. The third-order valence-corrected chi connectivity index (χ3v) is 9.19. The zero-order chi connectivity index (χ0) is 21.8. The molecule has 0 aromatic rings. The number of hydrogen-bond donors (Lipinski definition) is 0. The van der Waals surface area contributed by atoms with Crippen molar-refractivity contribution in [3.05, 3.63) is 11.1 Å². The summed E-state index contributed by atoms with van der Waals surface area (Å²) in [4.78, 5) is 51.4. The average Bonchev–Trinajstić information content (AvgIpc) is 3.11. The van der Waals surface area contributed by atoms with Crippen molar-refractivity contribution < 1.29 is 38.1 Å². The van der Waals surface area contributed by atoms with E-state index in [1.807, 2.05) is 0 Å². The third kappa shape index (κ3) is 1.90. The van der Waals surface area contributed by atoms with Crippen molar-refractivity contribution in [2.75, 3.05) is 0 Å². The Morgan fingerprint density at radius 3 is 1.81 bits per heavy atom. The van der Waals surface area contributed by atoms with Crippen LogP contribution < -0.4 is 0 Å². The van der Waals surface area contributed by atoms with Gasteiger partial charge < -0.3 is 18.9 Å². The van der Waals surface area contributed by atoms with Gasteiger partial charge in [0.2, 0.25) is 0 Å². The average molecular weight is 428 g/mol. The second-order valence-corrected chi connectivity index (χ2v) is 11.2. The summed E-state index contributed by atoms with van der Waals surface area (Å²) in [5, 5.41) is 0. The molecular weight excluding hydrogens is 404 g/mol. The van der Waals surface area contributed by atoms with Gasteiger partial charge in [0.25, 0.3) is 11.6 Å². The fourth-order valence-corrected chi connectivity index (χ4v) is 9.01. The van der Waals surface area contributed by atoms with Gasteiger partial charge in [-0.05, 0) is 65.3 Å². The SMILES string of the molecule is CC1(C)OC(=O)C(=C2[C@@H]3[C@H]4C[C@@H]5[C@@H]6[C@H]4[C@H]2[C@H]6[C@@H](C2C(=O)OC(C)(C)OC2=O)[C@@H]53)C(=O)O1. The smallest absolute Gasteiger partial charge is 0.348 e. The molecule has 31 heavy (non-hydrogen) atoms. The first kappa shape index (κ1) is 18.2. The standard InChI is InChI=1S/C23H24O8/c1-22(2)28-18(24)16(19(25)29-22)14-10-6-5-7-9-8(6)12(14)13(9)15(11(7)10)17-20(26)30-23(3,4)31-21(17)27/h6-14,16H,5H2,1-4H3/t6-,7+,8-,9+,10+,11-,12+,13+,14+/m1/s1. The second kappa shape index (κ2) is 4.99. The van der Waals surface area contributed by atoms with Crippen molar-refractivity contribution in [1.82, 2.24) is 0 Å². The summed E-state index contributed by atoms with van der Waals surface area (Å²) < 4.78 is 21.7. The molecule has 0 amide bonds. The zero-order valence-corrected chi connectivity index (χ0v) is 17.7. The molecule has 5 saturated carbocycles. The molecule has 9 atom stereocenters. The Morgan fingerprint density at radius 2 is 1.19 bits per heavy atom. The predicted molar refractivity (Wildman–Crippen MR) is 99.1 cm³/mol. The number of carbonyl (C=O) groups excluding carboxylic acids is 4. The second-order valence-electron chi connectivity index (χ2n) is 11.2. The van der Waals surface area contributed by atoms with Gasteiger partial charge in [-0.3, -0.25) is 9.59 Å². The lowest BCUT2D eigenvalue weighted by atomic mass is 9.54. The maximum atomic E-state index is 12.9. The van der Waals surface area contributed by atoms with Crippen LogP contribution in [0.4, 0.5) is 0 Å². The molecule has 0 radical (unpaired) electrons. The first-order valence-corrected chi connectivity index (χ1v) is 11.2. The van der Waals surface area contributed by atoms with E-state index in [1.165, 1.54) is 0 Å². The first-order chi connectivity index (χ1) is 14.5. The molecule has 2 saturated heterocycles. The van der Waals surface area contributed by atoms with E-state index >= 15 is 0 Å². The maximum absolute atomic E-state index is 12.9. The van der Waals surface area contributed by atoms with Gasteiger partial charge in [-0.1, -0.05) is 0 Å². The van der Waals surface area contributed by atoms with E-state index in [9.17, 15) is 19.2 Å². The van der Waals surface area contributed by atoms with E-state index in [0.29, 0.717) is 23.7 Å². The van der Waals surface area contributed by atoms with Crippen LogP contribution in [0.15, 0.2) is 11.1 Å². The van der Waals surface area contributed by atoms with E-state index in [-0.39, 0.29) is 35.2 Å². The maximum Gasteiger partial charge on any atom is 0.348 e. The van der Waals surface area contributed by atoms with Gasteiger partial charge in [0.1, 0.15) is 5.57 Å². The molecule has 164 valence electrons. The quantitative estimate of drug-likeness (QED) is 0.268. The lowest BCUT2D eigenvalue weighted by molar-refractivity contribution is -0.246. The van der Waals surface area contributed by atoms with Crippen molar-refractivity contribution in [3.63, 3.8) is 0 Å². The van der Waals surface area contributed by atoms with Crippen LogP contribution in [0.1, 0.15) is 34.1 Å². The Labute approximate surface area is 178 Å². The molecular formula is C23H24O8. The minimum Gasteiger partial charge on any atom is -0.422 e. The van der Waals surface area contributed by atoms with Crippen LogP contribution in [0.2, 0.25) is 0 Å².